The standard InChI is InChI=1S/C16H25ClN4O2/c1-6-12-13(17)18-10(2)19-14(12)21-8-7-11(9-21)20-15(22)23-16(3,4)5/h11H,6-9H2,1-5H3,(H,20,22). The fraction of sp³-hybridized carbons (Fsp3) is 0.688. The normalized spacial score (nSPS) is 18.2. The second kappa shape index (κ2) is 6.91. The number of amides is 1. The molecule has 0 spiro atoms. The molecule has 2 rings (SSSR count). The number of rotatable bonds is 3. The number of carbonyl (C=O) groups is 1. The fourth-order valence-electron chi connectivity index (χ4n) is 2.66. The first kappa shape index (κ1) is 17.8. The van der Waals surface area contributed by atoms with Crippen molar-refractivity contribution in [3.63, 3.8) is 0 Å². The van der Waals surface area contributed by atoms with Crippen molar-refractivity contribution in [1.29, 1.82) is 0 Å². The van der Waals surface area contributed by atoms with Crippen molar-refractivity contribution >= 4 is 23.5 Å². The van der Waals surface area contributed by atoms with Crippen LogP contribution in [0.2, 0.25) is 5.15 Å². The molecule has 0 bridgehead atoms. The molecule has 1 saturated heterocycles. The molecule has 1 amide bonds. The minimum absolute atomic E-state index is 0.0450. The molecule has 23 heavy (non-hydrogen) atoms. The molecule has 1 atom stereocenters. The number of ether oxygens (including phenoxy) is 1. The topological polar surface area (TPSA) is 67.4 Å². The maximum Gasteiger partial charge on any atom is 0.407 e. The number of carbonyl (C=O) groups excluding carboxylic acids is 1. The van der Waals surface area contributed by atoms with Crippen molar-refractivity contribution in [2.75, 3.05) is 18.0 Å². The summed E-state index contributed by atoms with van der Waals surface area (Å²) < 4.78 is 5.31. The van der Waals surface area contributed by atoms with E-state index in [1.165, 1.54) is 0 Å². The largest absolute Gasteiger partial charge is 0.444 e. The lowest BCUT2D eigenvalue weighted by Crippen LogP contribution is -2.40. The van der Waals surface area contributed by atoms with Gasteiger partial charge in [-0.1, -0.05) is 18.5 Å². The Morgan fingerprint density at radius 3 is 2.74 bits per heavy atom. The molecule has 1 aliphatic rings. The summed E-state index contributed by atoms with van der Waals surface area (Å²) in [6.07, 6.45) is 1.25. The van der Waals surface area contributed by atoms with E-state index in [-0.39, 0.29) is 12.1 Å². The summed E-state index contributed by atoms with van der Waals surface area (Å²) in [5.74, 6) is 1.53. The third-order valence-electron chi connectivity index (χ3n) is 3.61. The van der Waals surface area contributed by atoms with Gasteiger partial charge in [-0.05, 0) is 40.5 Å². The molecule has 1 aromatic rings. The Bertz CT molecular complexity index is 586. The highest BCUT2D eigenvalue weighted by Crippen LogP contribution is 2.27. The van der Waals surface area contributed by atoms with Gasteiger partial charge in [0, 0.05) is 18.7 Å². The molecule has 1 fully saturated rings. The van der Waals surface area contributed by atoms with Gasteiger partial charge >= 0.3 is 6.09 Å². The zero-order valence-electron chi connectivity index (χ0n) is 14.4. The smallest absolute Gasteiger partial charge is 0.407 e. The molecule has 7 heteroatoms. The molecule has 0 aromatic carbocycles. The van der Waals surface area contributed by atoms with Crippen LogP contribution in [-0.2, 0) is 11.2 Å². The van der Waals surface area contributed by atoms with Crippen LogP contribution >= 0.6 is 11.6 Å². The zero-order valence-corrected chi connectivity index (χ0v) is 15.2. The Kier molecular flexibility index (Phi) is 5.34. The molecular weight excluding hydrogens is 316 g/mol. The summed E-state index contributed by atoms with van der Waals surface area (Å²) in [5.41, 5.74) is 0.463. The van der Waals surface area contributed by atoms with E-state index < -0.39 is 5.60 Å². The Labute approximate surface area is 142 Å². The number of nitrogens with one attached hydrogen (secondary N) is 1. The number of alkyl carbamates (subject to hydrolysis) is 1. The van der Waals surface area contributed by atoms with E-state index in [2.05, 4.69) is 20.2 Å². The van der Waals surface area contributed by atoms with Gasteiger partial charge in [-0.2, -0.15) is 0 Å². The summed E-state index contributed by atoms with van der Waals surface area (Å²) in [6, 6.07) is 0.0450. The lowest BCUT2D eigenvalue weighted by molar-refractivity contribution is 0.0509. The second-order valence-corrected chi connectivity index (χ2v) is 7.15. The predicted octanol–water partition coefficient (Wildman–Crippen LogP) is 3.10. The first-order valence-corrected chi connectivity index (χ1v) is 8.35. The van der Waals surface area contributed by atoms with Crippen molar-refractivity contribution in [2.24, 2.45) is 0 Å². The third-order valence-corrected chi connectivity index (χ3v) is 3.92. The molecule has 6 nitrogen and oxygen atoms in total. The Morgan fingerprint density at radius 2 is 2.13 bits per heavy atom. The maximum atomic E-state index is 11.9. The number of aryl methyl sites for hydroxylation is 1. The van der Waals surface area contributed by atoms with Gasteiger partial charge in [0.1, 0.15) is 22.4 Å². The number of nitrogens with zero attached hydrogens (tertiary/aromatic N) is 3. The minimum Gasteiger partial charge on any atom is -0.444 e. The van der Waals surface area contributed by atoms with Crippen molar-refractivity contribution in [1.82, 2.24) is 15.3 Å². The third kappa shape index (κ3) is 4.70. The highest BCUT2D eigenvalue weighted by Gasteiger charge is 2.28. The van der Waals surface area contributed by atoms with Gasteiger partial charge in [-0.25, -0.2) is 14.8 Å². The van der Waals surface area contributed by atoms with E-state index in [0.717, 1.165) is 30.8 Å². The maximum absolute atomic E-state index is 11.9. The Morgan fingerprint density at radius 1 is 1.43 bits per heavy atom. The summed E-state index contributed by atoms with van der Waals surface area (Å²) in [6.45, 7) is 10.9. The van der Waals surface area contributed by atoms with E-state index in [0.29, 0.717) is 17.5 Å². The van der Waals surface area contributed by atoms with Crippen LogP contribution < -0.4 is 10.2 Å². The van der Waals surface area contributed by atoms with Gasteiger partial charge in [-0.15, -0.1) is 0 Å². The number of halogens is 1. The van der Waals surface area contributed by atoms with E-state index >= 15 is 0 Å². The molecule has 0 aliphatic carbocycles. The van der Waals surface area contributed by atoms with Gasteiger partial charge in [0.15, 0.2) is 0 Å². The molecule has 1 unspecified atom stereocenters. The number of aromatic nitrogens is 2. The van der Waals surface area contributed by atoms with Crippen LogP contribution in [0.1, 0.15) is 45.5 Å². The molecule has 2 heterocycles. The first-order valence-electron chi connectivity index (χ1n) is 7.97. The lowest BCUT2D eigenvalue weighted by atomic mass is 10.2. The highest BCUT2D eigenvalue weighted by atomic mass is 35.5. The van der Waals surface area contributed by atoms with E-state index in [4.69, 9.17) is 16.3 Å². The van der Waals surface area contributed by atoms with Gasteiger partial charge < -0.3 is 15.0 Å². The predicted molar refractivity (Wildman–Crippen MR) is 91.1 cm³/mol. The van der Waals surface area contributed by atoms with Gasteiger partial charge in [-0.3, -0.25) is 0 Å². The Hall–Kier alpha value is -1.56. The van der Waals surface area contributed by atoms with Crippen molar-refractivity contribution in [3.05, 3.63) is 16.5 Å². The number of hydrogen-bond donors (Lipinski definition) is 1. The van der Waals surface area contributed by atoms with E-state index in [9.17, 15) is 4.79 Å². The van der Waals surface area contributed by atoms with Crippen molar-refractivity contribution in [3.8, 4) is 0 Å². The van der Waals surface area contributed by atoms with Crippen LogP contribution in [0.15, 0.2) is 0 Å². The molecule has 1 N–H and O–H groups in total. The van der Waals surface area contributed by atoms with Crippen molar-refractivity contribution < 1.29 is 9.53 Å². The average molecular weight is 341 g/mol. The summed E-state index contributed by atoms with van der Waals surface area (Å²) in [5, 5.41) is 3.44. The van der Waals surface area contributed by atoms with Crippen molar-refractivity contribution in [2.45, 2.75) is 59.1 Å². The van der Waals surface area contributed by atoms with Crippen LogP contribution in [0.3, 0.4) is 0 Å². The molecular formula is C16H25ClN4O2. The van der Waals surface area contributed by atoms with Crippen LogP contribution in [0.4, 0.5) is 10.6 Å². The average Bonchev–Trinajstić information content (AvgIpc) is 2.83. The van der Waals surface area contributed by atoms with Crippen LogP contribution in [0.5, 0.6) is 0 Å². The van der Waals surface area contributed by atoms with Gasteiger partial charge in [0.2, 0.25) is 0 Å². The highest BCUT2D eigenvalue weighted by molar-refractivity contribution is 6.30. The van der Waals surface area contributed by atoms with Crippen LogP contribution in [0.25, 0.3) is 0 Å². The molecule has 128 valence electrons. The molecule has 0 radical (unpaired) electrons. The van der Waals surface area contributed by atoms with Crippen LogP contribution in [0, 0.1) is 6.92 Å². The minimum atomic E-state index is -0.491. The fourth-order valence-corrected chi connectivity index (χ4v) is 3.00. The summed E-state index contributed by atoms with van der Waals surface area (Å²) in [7, 11) is 0. The molecule has 1 aliphatic heterocycles. The Balaban J connectivity index is 2.05. The number of hydrogen-bond acceptors (Lipinski definition) is 5. The van der Waals surface area contributed by atoms with E-state index in [1.807, 2.05) is 34.6 Å². The second-order valence-electron chi connectivity index (χ2n) is 6.80. The molecule has 1 aromatic heterocycles. The van der Waals surface area contributed by atoms with E-state index in [1.54, 1.807) is 0 Å². The SMILES string of the molecule is CCc1c(Cl)nc(C)nc1N1CCC(NC(=O)OC(C)(C)C)C1. The monoisotopic (exact) mass is 340 g/mol. The first-order chi connectivity index (χ1) is 10.7. The summed E-state index contributed by atoms with van der Waals surface area (Å²) in [4.78, 5) is 22.8. The lowest BCUT2D eigenvalue weighted by Gasteiger charge is -2.23. The van der Waals surface area contributed by atoms with Crippen LogP contribution in [-0.4, -0.2) is 40.8 Å². The molecule has 0 saturated carbocycles. The van der Waals surface area contributed by atoms with Gasteiger partial charge in [0.05, 0.1) is 6.04 Å². The zero-order chi connectivity index (χ0) is 17.2. The number of anilines is 1. The summed E-state index contributed by atoms with van der Waals surface area (Å²) >= 11 is 6.24. The quantitative estimate of drug-likeness (QED) is 0.856. The van der Waals surface area contributed by atoms with Gasteiger partial charge in [0.25, 0.3) is 0 Å².